The molecule has 0 aliphatic rings. The van der Waals surface area contributed by atoms with Gasteiger partial charge in [0, 0.05) is 27.7 Å². The molecule has 166 valence electrons. The Kier molecular flexibility index (Phi) is 7.99. The summed E-state index contributed by atoms with van der Waals surface area (Å²) in [6.45, 7) is 6.10. The zero-order chi connectivity index (χ0) is 23.1. The van der Waals surface area contributed by atoms with Gasteiger partial charge in [-0.1, -0.05) is 62.7 Å². The first-order valence-electron chi connectivity index (χ1n) is 10.4. The van der Waals surface area contributed by atoms with Gasteiger partial charge in [0.25, 0.3) is 0 Å². The molecule has 0 aromatic heterocycles. The van der Waals surface area contributed by atoms with E-state index in [1.54, 1.807) is 24.3 Å². The lowest BCUT2D eigenvalue weighted by atomic mass is 9.92. The summed E-state index contributed by atoms with van der Waals surface area (Å²) in [4.78, 5) is 26.2. The van der Waals surface area contributed by atoms with Gasteiger partial charge in [-0.2, -0.15) is 0 Å². The van der Waals surface area contributed by atoms with Crippen LogP contribution >= 0.6 is 23.4 Å². The molecule has 0 aliphatic carbocycles. The maximum absolute atomic E-state index is 13.1. The molecule has 6 heteroatoms. The molecule has 3 aromatic rings. The lowest BCUT2D eigenvalue weighted by Gasteiger charge is -2.18. The number of anilines is 2. The number of hydrogen-bond acceptors (Lipinski definition) is 3. The largest absolute Gasteiger partial charge is 0.326 e. The molecule has 2 amide bonds. The molecule has 0 bridgehead atoms. The standard InChI is InChI=1S/C26H27ClN2O2S/c1-26(2,3)17-23(30)28-20-13-15-22(16-14-20)32-24(18-7-5-4-6-8-18)25(31)29-21-11-9-19(27)10-12-21/h4-16,24H,17H2,1-3H3,(H,28,30)(H,29,31). The van der Waals surface area contributed by atoms with Gasteiger partial charge in [-0.05, 0) is 59.5 Å². The van der Waals surface area contributed by atoms with Crippen LogP contribution in [0.15, 0.2) is 83.8 Å². The van der Waals surface area contributed by atoms with Crippen molar-refractivity contribution in [2.45, 2.75) is 37.3 Å². The van der Waals surface area contributed by atoms with Gasteiger partial charge in [-0.25, -0.2) is 0 Å². The molecule has 0 aliphatic heterocycles. The highest BCUT2D eigenvalue weighted by atomic mass is 35.5. The van der Waals surface area contributed by atoms with Crippen molar-refractivity contribution >= 4 is 46.6 Å². The summed E-state index contributed by atoms with van der Waals surface area (Å²) < 4.78 is 0. The number of halogens is 1. The third-order valence-electron chi connectivity index (χ3n) is 4.54. The molecule has 0 saturated carbocycles. The molecule has 0 heterocycles. The van der Waals surface area contributed by atoms with Crippen LogP contribution in [0.1, 0.15) is 38.0 Å². The van der Waals surface area contributed by atoms with Gasteiger partial charge < -0.3 is 10.6 Å². The van der Waals surface area contributed by atoms with E-state index >= 15 is 0 Å². The predicted molar refractivity (Wildman–Crippen MR) is 134 cm³/mol. The molecular formula is C26H27ClN2O2S. The van der Waals surface area contributed by atoms with Crippen molar-refractivity contribution in [2.75, 3.05) is 10.6 Å². The van der Waals surface area contributed by atoms with E-state index in [1.165, 1.54) is 11.8 Å². The van der Waals surface area contributed by atoms with Gasteiger partial charge in [0.2, 0.25) is 11.8 Å². The normalized spacial score (nSPS) is 12.1. The topological polar surface area (TPSA) is 58.2 Å². The van der Waals surface area contributed by atoms with Crippen molar-refractivity contribution in [1.82, 2.24) is 0 Å². The number of carbonyl (C=O) groups excluding carboxylic acids is 2. The van der Waals surface area contributed by atoms with Crippen LogP contribution in [0.3, 0.4) is 0 Å². The first-order chi connectivity index (χ1) is 15.2. The highest BCUT2D eigenvalue weighted by Crippen LogP contribution is 2.37. The smallest absolute Gasteiger partial charge is 0.242 e. The Bertz CT molecular complexity index is 1050. The lowest BCUT2D eigenvalue weighted by Crippen LogP contribution is -2.19. The summed E-state index contributed by atoms with van der Waals surface area (Å²) in [5, 5.41) is 6.08. The van der Waals surface area contributed by atoms with Crippen LogP contribution in [0.2, 0.25) is 5.02 Å². The molecule has 4 nitrogen and oxygen atoms in total. The molecule has 2 N–H and O–H groups in total. The van der Waals surface area contributed by atoms with E-state index < -0.39 is 5.25 Å². The average Bonchev–Trinajstić information content (AvgIpc) is 2.74. The van der Waals surface area contributed by atoms with Gasteiger partial charge in [0.15, 0.2) is 0 Å². The Morgan fingerprint density at radius 1 is 0.844 bits per heavy atom. The Hall–Kier alpha value is -2.76. The van der Waals surface area contributed by atoms with Crippen molar-refractivity contribution in [3.8, 4) is 0 Å². The number of hydrogen-bond donors (Lipinski definition) is 2. The molecule has 0 radical (unpaired) electrons. The Labute approximate surface area is 198 Å². The van der Waals surface area contributed by atoms with Crippen LogP contribution in [0, 0.1) is 5.41 Å². The quantitative estimate of drug-likeness (QED) is 0.362. The highest BCUT2D eigenvalue weighted by Gasteiger charge is 2.22. The summed E-state index contributed by atoms with van der Waals surface area (Å²) in [7, 11) is 0. The summed E-state index contributed by atoms with van der Waals surface area (Å²) in [5.41, 5.74) is 2.27. The van der Waals surface area contributed by atoms with Crippen LogP contribution in [-0.4, -0.2) is 11.8 Å². The van der Waals surface area contributed by atoms with Crippen molar-refractivity contribution in [2.24, 2.45) is 5.41 Å². The van der Waals surface area contributed by atoms with E-state index in [0.29, 0.717) is 17.1 Å². The van der Waals surface area contributed by atoms with E-state index in [9.17, 15) is 9.59 Å². The molecule has 0 saturated heterocycles. The maximum Gasteiger partial charge on any atom is 0.242 e. The van der Waals surface area contributed by atoms with E-state index in [0.717, 1.165) is 16.1 Å². The first-order valence-corrected chi connectivity index (χ1v) is 11.6. The maximum atomic E-state index is 13.1. The van der Waals surface area contributed by atoms with Crippen molar-refractivity contribution in [3.63, 3.8) is 0 Å². The second kappa shape index (κ2) is 10.7. The van der Waals surface area contributed by atoms with Crippen molar-refractivity contribution < 1.29 is 9.59 Å². The highest BCUT2D eigenvalue weighted by molar-refractivity contribution is 8.00. The van der Waals surface area contributed by atoms with Gasteiger partial charge in [-0.3, -0.25) is 9.59 Å². The van der Waals surface area contributed by atoms with Crippen LogP contribution < -0.4 is 10.6 Å². The first kappa shape index (κ1) is 23.9. The minimum Gasteiger partial charge on any atom is -0.326 e. The molecule has 3 aromatic carbocycles. The monoisotopic (exact) mass is 466 g/mol. The van der Waals surface area contributed by atoms with Crippen molar-refractivity contribution in [1.29, 1.82) is 0 Å². The van der Waals surface area contributed by atoms with Crippen molar-refractivity contribution in [3.05, 3.63) is 89.4 Å². The summed E-state index contributed by atoms with van der Waals surface area (Å²) in [6, 6.07) is 24.3. The minimum atomic E-state index is -0.437. The number of benzene rings is 3. The Morgan fingerprint density at radius 2 is 1.41 bits per heavy atom. The molecular weight excluding hydrogens is 440 g/mol. The predicted octanol–water partition coefficient (Wildman–Crippen LogP) is 7.19. The molecule has 1 atom stereocenters. The molecule has 1 unspecified atom stereocenters. The summed E-state index contributed by atoms with van der Waals surface area (Å²) in [6.07, 6.45) is 0.449. The van der Waals surface area contributed by atoms with Crippen LogP contribution in [0.4, 0.5) is 11.4 Å². The van der Waals surface area contributed by atoms with Gasteiger partial charge in [0.05, 0.1) is 0 Å². The van der Waals surface area contributed by atoms with Gasteiger partial charge >= 0.3 is 0 Å². The molecule has 0 fully saturated rings. The van der Waals surface area contributed by atoms with E-state index in [1.807, 2.05) is 75.4 Å². The fraction of sp³-hybridized carbons (Fsp3) is 0.231. The van der Waals surface area contributed by atoms with Crippen LogP contribution in [0.25, 0.3) is 0 Å². The second-order valence-electron chi connectivity index (χ2n) is 8.71. The lowest BCUT2D eigenvalue weighted by molar-refractivity contribution is -0.118. The average molecular weight is 467 g/mol. The van der Waals surface area contributed by atoms with E-state index in [4.69, 9.17) is 11.6 Å². The third-order valence-corrected chi connectivity index (χ3v) is 6.05. The second-order valence-corrected chi connectivity index (χ2v) is 10.3. The van der Waals surface area contributed by atoms with Gasteiger partial charge in [-0.15, -0.1) is 11.8 Å². The Balaban J connectivity index is 1.73. The third kappa shape index (κ3) is 7.43. The van der Waals surface area contributed by atoms with Crippen LogP contribution in [-0.2, 0) is 9.59 Å². The number of carbonyl (C=O) groups is 2. The number of amides is 2. The minimum absolute atomic E-state index is 0.0117. The fourth-order valence-corrected chi connectivity index (χ4v) is 4.23. The SMILES string of the molecule is CC(C)(C)CC(=O)Nc1ccc(SC(C(=O)Nc2ccc(Cl)cc2)c2ccccc2)cc1. The number of thioether (sulfide) groups is 1. The fourth-order valence-electron chi connectivity index (χ4n) is 3.08. The van der Waals surface area contributed by atoms with E-state index in [2.05, 4.69) is 10.6 Å². The van der Waals surface area contributed by atoms with E-state index in [-0.39, 0.29) is 17.2 Å². The summed E-state index contributed by atoms with van der Waals surface area (Å²) in [5.74, 6) is -0.131. The molecule has 32 heavy (non-hydrogen) atoms. The van der Waals surface area contributed by atoms with Crippen LogP contribution in [0.5, 0.6) is 0 Å². The van der Waals surface area contributed by atoms with Gasteiger partial charge in [0.1, 0.15) is 5.25 Å². The zero-order valence-electron chi connectivity index (χ0n) is 18.4. The molecule has 0 spiro atoms. The Morgan fingerprint density at radius 3 is 2.00 bits per heavy atom. The zero-order valence-corrected chi connectivity index (χ0v) is 20.0. The number of rotatable bonds is 7. The summed E-state index contributed by atoms with van der Waals surface area (Å²) >= 11 is 7.41. The number of nitrogens with one attached hydrogen (secondary N) is 2. The molecule has 3 rings (SSSR count).